The zero-order valence-electron chi connectivity index (χ0n) is 15.4. The van der Waals surface area contributed by atoms with E-state index in [2.05, 4.69) is 14.9 Å². The molecule has 0 aliphatic heterocycles. The van der Waals surface area contributed by atoms with Gasteiger partial charge in [0.15, 0.2) is 0 Å². The predicted octanol–water partition coefficient (Wildman–Crippen LogP) is 4.37. The Morgan fingerprint density at radius 2 is 1.68 bits per heavy atom. The molecule has 2 aromatic heterocycles. The average molecular weight is 382 g/mol. The molecule has 5 nitrogen and oxygen atoms in total. The molecule has 0 spiro atoms. The lowest BCUT2D eigenvalue weighted by Crippen LogP contribution is -2.34. The molecule has 0 atom stereocenters. The third-order valence-electron chi connectivity index (χ3n) is 5.14. The lowest BCUT2D eigenvalue weighted by Gasteiger charge is -2.17. The summed E-state index contributed by atoms with van der Waals surface area (Å²) in [7, 11) is -3.57. The van der Waals surface area contributed by atoms with Gasteiger partial charge in [-0.05, 0) is 46.1 Å². The monoisotopic (exact) mass is 381 g/mol. The van der Waals surface area contributed by atoms with Crippen molar-refractivity contribution < 1.29 is 8.42 Å². The van der Waals surface area contributed by atoms with Gasteiger partial charge in [-0.25, -0.2) is 13.1 Å². The molecule has 7 heteroatoms. The summed E-state index contributed by atoms with van der Waals surface area (Å²) >= 11 is 1.53. The van der Waals surface area contributed by atoms with Gasteiger partial charge >= 0.3 is 0 Å². The Kier molecular flexibility index (Phi) is 5.37. The maximum absolute atomic E-state index is 13.2. The van der Waals surface area contributed by atoms with Crippen LogP contribution in [-0.2, 0) is 10.0 Å². The lowest BCUT2D eigenvalue weighted by molar-refractivity contribution is 0.510. The first-order valence-corrected chi connectivity index (χ1v) is 11.3. The van der Waals surface area contributed by atoms with Gasteiger partial charge in [-0.15, -0.1) is 11.3 Å². The molecule has 0 saturated heterocycles. The summed E-state index contributed by atoms with van der Waals surface area (Å²) in [5.74, 6) is 0. The van der Waals surface area contributed by atoms with E-state index in [4.69, 9.17) is 0 Å². The van der Waals surface area contributed by atoms with Gasteiger partial charge in [0.05, 0.1) is 5.69 Å². The van der Waals surface area contributed by atoms with Crippen molar-refractivity contribution in [1.82, 2.24) is 14.9 Å². The van der Waals surface area contributed by atoms with Gasteiger partial charge in [0.2, 0.25) is 10.0 Å². The average Bonchev–Trinajstić information content (AvgIpc) is 2.89. The van der Waals surface area contributed by atoms with E-state index in [-0.39, 0.29) is 6.04 Å². The van der Waals surface area contributed by atoms with Crippen LogP contribution in [0.4, 0.5) is 0 Å². The molecule has 0 aromatic carbocycles. The number of thiophene rings is 1. The molecule has 25 heavy (non-hydrogen) atoms. The third-order valence-corrected chi connectivity index (χ3v) is 7.98. The second kappa shape index (κ2) is 7.21. The molecule has 1 fully saturated rings. The molecule has 1 saturated carbocycles. The minimum absolute atomic E-state index is 0.0435. The van der Waals surface area contributed by atoms with Gasteiger partial charge in [0.25, 0.3) is 0 Å². The van der Waals surface area contributed by atoms with Crippen molar-refractivity contribution in [3.05, 3.63) is 21.0 Å². The molecular weight excluding hydrogens is 354 g/mol. The van der Waals surface area contributed by atoms with Crippen molar-refractivity contribution in [2.75, 3.05) is 0 Å². The molecule has 0 bridgehead atoms. The van der Waals surface area contributed by atoms with Gasteiger partial charge < -0.3 is 0 Å². The Morgan fingerprint density at radius 3 is 2.24 bits per heavy atom. The number of hydrogen-bond acceptors (Lipinski definition) is 4. The molecule has 138 valence electrons. The van der Waals surface area contributed by atoms with E-state index in [1.165, 1.54) is 24.2 Å². The Labute approximate surface area is 154 Å². The summed E-state index contributed by atoms with van der Waals surface area (Å²) in [6, 6.07) is 0.0435. The van der Waals surface area contributed by atoms with E-state index in [1.54, 1.807) is 0 Å². The van der Waals surface area contributed by atoms with Crippen LogP contribution in [0.3, 0.4) is 0 Å². The van der Waals surface area contributed by atoms with Gasteiger partial charge in [-0.2, -0.15) is 5.10 Å². The fraction of sp³-hybridized carbons (Fsp3) is 0.611. The van der Waals surface area contributed by atoms with Crippen LogP contribution < -0.4 is 4.72 Å². The van der Waals surface area contributed by atoms with Gasteiger partial charge in [-0.3, -0.25) is 5.10 Å². The Hall–Kier alpha value is -1.18. The molecule has 2 heterocycles. The van der Waals surface area contributed by atoms with Crippen molar-refractivity contribution in [1.29, 1.82) is 0 Å². The number of rotatable bonds is 4. The zero-order chi connectivity index (χ0) is 18.2. The van der Waals surface area contributed by atoms with E-state index in [0.717, 1.165) is 58.0 Å². The first-order chi connectivity index (χ1) is 11.8. The van der Waals surface area contributed by atoms with Crippen LogP contribution in [0.25, 0.3) is 11.3 Å². The molecule has 0 amide bonds. The first kappa shape index (κ1) is 18.6. The Bertz CT molecular complexity index is 857. The van der Waals surface area contributed by atoms with Crippen molar-refractivity contribution >= 4 is 21.4 Å². The highest BCUT2D eigenvalue weighted by Crippen LogP contribution is 2.40. The van der Waals surface area contributed by atoms with Crippen molar-refractivity contribution in [2.24, 2.45) is 0 Å². The number of aromatic nitrogens is 2. The quantitative estimate of drug-likeness (QED) is 0.772. The lowest BCUT2D eigenvalue weighted by atomic mass is 10.1. The summed E-state index contributed by atoms with van der Waals surface area (Å²) in [6.45, 7) is 7.80. The number of hydrogen-bond donors (Lipinski definition) is 2. The van der Waals surface area contributed by atoms with Crippen molar-refractivity contribution in [3.8, 4) is 11.3 Å². The summed E-state index contributed by atoms with van der Waals surface area (Å²) in [4.78, 5) is 2.23. The fourth-order valence-corrected chi connectivity index (χ4v) is 6.83. The van der Waals surface area contributed by atoms with Crippen LogP contribution >= 0.6 is 11.3 Å². The maximum atomic E-state index is 13.2. The van der Waals surface area contributed by atoms with Crippen LogP contribution in [0, 0.1) is 27.7 Å². The molecular formula is C18H27N3O2S2. The largest absolute Gasteiger partial charge is 0.282 e. The Morgan fingerprint density at radius 1 is 1.04 bits per heavy atom. The van der Waals surface area contributed by atoms with Crippen LogP contribution in [0.5, 0.6) is 0 Å². The van der Waals surface area contributed by atoms with E-state index in [1.807, 2.05) is 27.7 Å². The highest BCUT2D eigenvalue weighted by atomic mass is 32.2. The van der Waals surface area contributed by atoms with E-state index in [9.17, 15) is 8.42 Å². The third kappa shape index (κ3) is 3.68. The van der Waals surface area contributed by atoms with E-state index in [0.29, 0.717) is 4.90 Å². The minimum Gasteiger partial charge on any atom is -0.282 e. The Balaban J connectivity index is 2.02. The number of aromatic amines is 1. The molecule has 0 radical (unpaired) electrons. The minimum atomic E-state index is -3.57. The number of sulfonamides is 1. The second-order valence-corrected chi connectivity index (χ2v) is 10.1. The van der Waals surface area contributed by atoms with Gasteiger partial charge in [-0.1, -0.05) is 25.7 Å². The predicted molar refractivity (Wildman–Crippen MR) is 103 cm³/mol. The van der Waals surface area contributed by atoms with E-state index >= 15 is 0 Å². The van der Waals surface area contributed by atoms with Crippen molar-refractivity contribution in [3.63, 3.8) is 0 Å². The molecule has 2 N–H and O–H groups in total. The highest BCUT2D eigenvalue weighted by Gasteiger charge is 2.30. The summed E-state index contributed by atoms with van der Waals surface area (Å²) in [5.41, 5.74) is 3.48. The molecule has 2 aromatic rings. The second-order valence-electron chi connectivity index (χ2n) is 7.05. The SMILES string of the molecule is Cc1[nH]nc(-c2c(C)sc(C)c2S(=O)(=O)NC2CCCCCC2)c1C. The van der Waals surface area contributed by atoms with Gasteiger partial charge in [0, 0.05) is 27.1 Å². The summed E-state index contributed by atoms with van der Waals surface area (Å²) < 4.78 is 29.4. The summed E-state index contributed by atoms with van der Waals surface area (Å²) in [6.07, 6.45) is 6.45. The standard InChI is InChI=1S/C18H27N3O2S2/c1-11-12(2)19-20-17(11)16-13(3)24-14(4)18(16)25(22,23)21-15-9-7-5-6-8-10-15/h15,21H,5-10H2,1-4H3,(H,19,20). The first-order valence-electron chi connectivity index (χ1n) is 8.95. The highest BCUT2D eigenvalue weighted by molar-refractivity contribution is 7.89. The van der Waals surface area contributed by atoms with Crippen LogP contribution in [0.1, 0.15) is 59.5 Å². The van der Waals surface area contributed by atoms with Crippen LogP contribution in [-0.4, -0.2) is 24.7 Å². The maximum Gasteiger partial charge on any atom is 0.242 e. The van der Waals surface area contributed by atoms with Gasteiger partial charge in [0.1, 0.15) is 4.90 Å². The molecule has 1 aliphatic carbocycles. The van der Waals surface area contributed by atoms with Crippen molar-refractivity contribution in [2.45, 2.75) is 77.2 Å². The molecule has 3 rings (SSSR count). The number of nitrogens with one attached hydrogen (secondary N) is 2. The summed E-state index contributed by atoms with van der Waals surface area (Å²) in [5, 5.41) is 7.36. The molecule has 1 aliphatic rings. The number of H-pyrrole nitrogens is 1. The fourth-order valence-electron chi connectivity index (χ4n) is 3.66. The van der Waals surface area contributed by atoms with E-state index < -0.39 is 10.0 Å². The number of aryl methyl sites for hydroxylation is 3. The number of nitrogens with zero attached hydrogens (tertiary/aromatic N) is 1. The molecule has 0 unspecified atom stereocenters. The smallest absolute Gasteiger partial charge is 0.242 e. The topological polar surface area (TPSA) is 74.8 Å². The van der Waals surface area contributed by atoms with Crippen LogP contribution in [0.2, 0.25) is 0 Å². The zero-order valence-corrected chi connectivity index (χ0v) is 17.0. The normalized spacial score (nSPS) is 17.0. The van der Waals surface area contributed by atoms with Crippen LogP contribution in [0.15, 0.2) is 4.90 Å².